The Labute approximate surface area is 147 Å². The summed E-state index contributed by atoms with van der Waals surface area (Å²) in [5.74, 6) is 0. The summed E-state index contributed by atoms with van der Waals surface area (Å²) in [5, 5.41) is 8.07. The first kappa shape index (κ1) is 15.0. The van der Waals surface area contributed by atoms with Gasteiger partial charge in [-0.15, -0.1) is 0 Å². The highest BCUT2D eigenvalue weighted by Crippen LogP contribution is 2.45. The lowest BCUT2D eigenvalue weighted by Gasteiger charge is -2.21. The molecule has 4 rings (SSSR count). The Balaban J connectivity index is 1.62. The van der Waals surface area contributed by atoms with Crippen LogP contribution >= 0.6 is 23.1 Å². The number of anilines is 2. The molecule has 0 spiro atoms. The number of thiazole rings is 1. The minimum absolute atomic E-state index is 0.328. The van der Waals surface area contributed by atoms with Crippen molar-refractivity contribution in [3.05, 3.63) is 47.8 Å². The minimum atomic E-state index is -0.518. The van der Waals surface area contributed by atoms with Crippen molar-refractivity contribution < 1.29 is 9.53 Å². The number of ether oxygens (including phenoxy) is 1. The standard InChI is InChI=1S/C17H13N3O2S2/c1-18-16(21)22-17-20-13(9-23-17)10-6-7-15-12(8-10)19-11-4-2-3-5-14(11)24-15/h2-9,19H,1H3,(H,18,21). The molecular formula is C17H13N3O2S2. The Kier molecular flexibility index (Phi) is 3.87. The summed E-state index contributed by atoms with van der Waals surface area (Å²) in [6, 6.07) is 14.4. The number of nitrogens with one attached hydrogen (secondary N) is 2. The third-order valence-corrected chi connectivity index (χ3v) is 5.39. The van der Waals surface area contributed by atoms with Crippen molar-refractivity contribution in [2.45, 2.75) is 9.79 Å². The molecular weight excluding hydrogens is 342 g/mol. The molecule has 120 valence electrons. The number of rotatable bonds is 2. The molecule has 0 aliphatic carbocycles. The largest absolute Gasteiger partial charge is 0.414 e. The van der Waals surface area contributed by atoms with Gasteiger partial charge in [0.2, 0.25) is 0 Å². The van der Waals surface area contributed by atoms with E-state index in [1.54, 1.807) is 11.8 Å². The van der Waals surface area contributed by atoms with E-state index < -0.39 is 6.09 Å². The maximum Gasteiger partial charge on any atom is 0.414 e. The molecule has 0 bridgehead atoms. The van der Waals surface area contributed by atoms with E-state index in [4.69, 9.17) is 4.74 Å². The molecule has 2 aromatic carbocycles. The van der Waals surface area contributed by atoms with E-state index in [1.165, 1.54) is 28.2 Å². The predicted molar refractivity (Wildman–Crippen MR) is 96.5 cm³/mol. The summed E-state index contributed by atoms with van der Waals surface area (Å²) >= 11 is 3.04. The lowest BCUT2D eigenvalue weighted by atomic mass is 10.1. The lowest BCUT2D eigenvalue weighted by Crippen LogP contribution is -2.21. The van der Waals surface area contributed by atoms with Gasteiger partial charge in [0.15, 0.2) is 0 Å². The van der Waals surface area contributed by atoms with Gasteiger partial charge in [-0.1, -0.05) is 41.3 Å². The number of amides is 1. The van der Waals surface area contributed by atoms with Crippen molar-refractivity contribution >= 4 is 40.6 Å². The van der Waals surface area contributed by atoms with Crippen LogP contribution in [0.25, 0.3) is 11.3 Å². The van der Waals surface area contributed by atoms with Crippen LogP contribution in [0, 0.1) is 0 Å². The smallest absolute Gasteiger partial charge is 0.381 e. The first-order valence-electron chi connectivity index (χ1n) is 7.26. The Bertz CT molecular complexity index is 924. The predicted octanol–water partition coefficient (Wildman–Crippen LogP) is 4.74. The van der Waals surface area contributed by atoms with Crippen molar-refractivity contribution in [2.24, 2.45) is 0 Å². The van der Waals surface area contributed by atoms with Crippen LogP contribution in [0.15, 0.2) is 57.6 Å². The van der Waals surface area contributed by atoms with E-state index in [9.17, 15) is 4.79 Å². The Morgan fingerprint density at radius 2 is 2.00 bits per heavy atom. The maximum absolute atomic E-state index is 11.3. The first-order chi connectivity index (χ1) is 11.7. The second kappa shape index (κ2) is 6.18. The number of aromatic nitrogens is 1. The van der Waals surface area contributed by atoms with Crippen molar-refractivity contribution in [1.82, 2.24) is 10.3 Å². The van der Waals surface area contributed by atoms with Gasteiger partial charge in [0.1, 0.15) is 0 Å². The number of nitrogens with zero attached hydrogens (tertiary/aromatic N) is 1. The van der Waals surface area contributed by atoms with Gasteiger partial charge in [0.25, 0.3) is 5.19 Å². The molecule has 2 heterocycles. The van der Waals surface area contributed by atoms with E-state index >= 15 is 0 Å². The van der Waals surface area contributed by atoms with Gasteiger partial charge in [-0.05, 0) is 24.3 Å². The quantitative estimate of drug-likeness (QED) is 0.544. The second-order valence-electron chi connectivity index (χ2n) is 5.07. The Morgan fingerprint density at radius 3 is 2.88 bits per heavy atom. The average Bonchev–Trinajstić information content (AvgIpc) is 3.07. The van der Waals surface area contributed by atoms with Crippen molar-refractivity contribution in [3.8, 4) is 16.5 Å². The topological polar surface area (TPSA) is 63.2 Å². The number of carbonyl (C=O) groups excluding carboxylic acids is 1. The zero-order valence-corrected chi connectivity index (χ0v) is 14.3. The van der Waals surface area contributed by atoms with Crippen LogP contribution in [0.4, 0.5) is 16.2 Å². The monoisotopic (exact) mass is 355 g/mol. The highest BCUT2D eigenvalue weighted by molar-refractivity contribution is 7.99. The minimum Gasteiger partial charge on any atom is -0.381 e. The normalized spacial score (nSPS) is 11.9. The molecule has 1 aromatic heterocycles. The van der Waals surface area contributed by atoms with Gasteiger partial charge in [-0.2, -0.15) is 0 Å². The van der Waals surface area contributed by atoms with Crippen LogP contribution < -0.4 is 15.4 Å². The summed E-state index contributed by atoms with van der Waals surface area (Å²) in [4.78, 5) is 18.0. The number of fused-ring (bicyclic) bond motifs is 2. The number of carbonyl (C=O) groups is 1. The Hall–Kier alpha value is -2.51. The van der Waals surface area contributed by atoms with Crippen molar-refractivity contribution in [1.29, 1.82) is 0 Å². The molecule has 0 atom stereocenters. The summed E-state index contributed by atoms with van der Waals surface area (Å²) < 4.78 is 5.06. The molecule has 1 amide bonds. The Morgan fingerprint density at radius 1 is 1.17 bits per heavy atom. The second-order valence-corrected chi connectivity index (χ2v) is 6.98. The summed E-state index contributed by atoms with van der Waals surface area (Å²) in [7, 11) is 1.52. The molecule has 0 unspecified atom stereocenters. The van der Waals surface area contributed by atoms with Gasteiger partial charge in [-0.3, -0.25) is 0 Å². The molecule has 0 radical (unpaired) electrons. The van der Waals surface area contributed by atoms with Crippen LogP contribution in [-0.4, -0.2) is 18.1 Å². The molecule has 0 saturated carbocycles. The molecule has 0 saturated heterocycles. The van der Waals surface area contributed by atoms with E-state index in [2.05, 4.69) is 39.9 Å². The summed E-state index contributed by atoms with van der Waals surface area (Å²) in [5.41, 5.74) is 3.92. The van der Waals surface area contributed by atoms with Crippen LogP contribution in [0.3, 0.4) is 0 Å². The SMILES string of the molecule is CNC(=O)Oc1nc(-c2ccc3c(c2)Nc2ccccc2S3)cs1. The number of para-hydroxylation sites is 1. The fourth-order valence-electron chi connectivity index (χ4n) is 2.37. The van der Waals surface area contributed by atoms with Crippen molar-refractivity contribution in [2.75, 3.05) is 12.4 Å². The van der Waals surface area contributed by atoms with Crippen molar-refractivity contribution in [3.63, 3.8) is 0 Å². The number of hydrogen-bond donors (Lipinski definition) is 2. The van der Waals surface area contributed by atoms with Gasteiger partial charge in [0.05, 0.1) is 17.1 Å². The zero-order valence-electron chi connectivity index (χ0n) is 12.7. The fourth-order valence-corrected chi connectivity index (χ4v) is 4.01. The van der Waals surface area contributed by atoms with E-state index in [0.29, 0.717) is 5.19 Å². The fraction of sp³-hybridized carbons (Fsp3) is 0.0588. The molecule has 1 aliphatic rings. The van der Waals surface area contributed by atoms with E-state index in [-0.39, 0.29) is 0 Å². The zero-order chi connectivity index (χ0) is 16.5. The van der Waals surface area contributed by atoms with Crippen LogP contribution in [0.5, 0.6) is 5.19 Å². The van der Waals surface area contributed by atoms with Gasteiger partial charge >= 0.3 is 6.09 Å². The first-order valence-corrected chi connectivity index (χ1v) is 8.96. The molecule has 2 N–H and O–H groups in total. The summed E-state index contributed by atoms with van der Waals surface area (Å²) in [6.07, 6.45) is -0.518. The molecule has 3 aromatic rings. The van der Waals surface area contributed by atoms with E-state index in [0.717, 1.165) is 22.6 Å². The van der Waals surface area contributed by atoms with Crippen LogP contribution in [0.2, 0.25) is 0 Å². The highest BCUT2D eigenvalue weighted by Gasteiger charge is 2.17. The maximum atomic E-state index is 11.3. The van der Waals surface area contributed by atoms with Crippen LogP contribution in [0.1, 0.15) is 0 Å². The number of benzene rings is 2. The third kappa shape index (κ3) is 2.83. The van der Waals surface area contributed by atoms with Gasteiger partial charge in [-0.25, -0.2) is 9.78 Å². The third-order valence-electron chi connectivity index (χ3n) is 3.52. The van der Waals surface area contributed by atoms with Gasteiger partial charge in [0, 0.05) is 27.8 Å². The molecule has 1 aliphatic heterocycles. The molecule has 0 fully saturated rings. The number of hydrogen-bond acceptors (Lipinski definition) is 6. The van der Waals surface area contributed by atoms with E-state index in [1.807, 2.05) is 23.6 Å². The lowest BCUT2D eigenvalue weighted by molar-refractivity contribution is 0.203. The molecule has 7 heteroatoms. The molecule has 24 heavy (non-hydrogen) atoms. The highest BCUT2D eigenvalue weighted by atomic mass is 32.2. The van der Waals surface area contributed by atoms with Crippen LogP contribution in [-0.2, 0) is 0 Å². The molecule has 5 nitrogen and oxygen atoms in total. The average molecular weight is 355 g/mol. The summed E-state index contributed by atoms with van der Waals surface area (Å²) in [6.45, 7) is 0. The van der Waals surface area contributed by atoms with Gasteiger partial charge < -0.3 is 15.4 Å².